The Kier molecular flexibility index (Phi) is 3.31. The number of benzene rings is 2. The van der Waals surface area contributed by atoms with Crippen molar-refractivity contribution in [3.05, 3.63) is 59.8 Å². The Morgan fingerprint density at radius 2 is 2.10 bits per heavy atom. The van der Waals surface area contributed by atoms with E-state index in [1.165, 1.54) is 7.11 Å². The summed E-state index contributed by atoms with van der Waals surface area (Å²) in [5, 5.41) is 5.30. The minimum atomic E-state index is -0.341. The fraction of sp³-hybridized carbons (Fsp3) is 0.125. The first-order valence-corrected chi connectivity index (χ1v) is 6.56. The van der Waals surface area contributed by atoms with Crippen LogP contribution in [0.5, 0.6) is 0 Å². The van der Waals surface area contributed by atoms with Gasteiger partial charge in [-0.25, -0.2) is 4.79 Å². The van der Waals surface area contributed by atoms with Crippen molar-refractivity contribution in [3.8, 4) is 0 Å². The first-order valence-electron chi connectivity index (χ1n) is 6.56. The van der Waals surface area contributed by atoms with Crippen LogP contribution < -0.4 is 5.73 Å². The van der Waals surface area contributed by atoms with E-state index in [4.69, 9.17) is 10.5 Å². The summed E-state index contributed by atoms with van der Waals surface area (Å²) in [7, 11) is 1.37. The second kappa shape index (κ2) is 5.28. The molecule has 21 heavy (non-hydrogen) atoms. The molecule has 3 rings (SSSR count). The van der Waals surface area contributed by atoms with Crippen molar-refractivity contribution >= 4 is 22.6 Å². The molecule has 0 aliphatic carbocycles. The monoisotopic (exact) mass is 281 g/mol. The van der Waals surface area contributed by atoms with E-state index in [9.17, 15) is 4.79 Å². The van der Waals surface area contributed by atoms with Crippen LogP contribution in [0.25, 0.3) is 10.9 Å². The lowest BCUT2D eigenvalue weighted by atomic mass is 10.1. The van der Waals surface area contributed by atoms with E-state index in [0.29, 0.717) is 17.8 Å². The predicted octanol–water partition coefficient (Wildman–Crippen LogP) is 2.45. The molecule has 5 heteroatoms. The summed E-state index contributed by atoms with van der Waals surface area (Å²) in [5.41, 5.74) is 9.12. The maximum absolute atomic E-state index is 11.6. The highest BCUT2D eigenvalue weighted by Crippen LogP contribution is 2.21. The summed E-state index contributed by atoms with van der Waals surface area (Å²) in [6.45, 7) is 0.567. The maximum Gasteiger partial charge on any atom is 0.337 e. The SMILES string of the molecule is COC(=O)c1cccc(Cn2ncc3c(N)cccc32)c1. The van der Waals surface area contributed by atoms with Crippen LogP contribution in [-0.4, -0.2) is 22.9 Å². The van der Waals surface area contributed by atoms with E-state index in [0.717, 1.165) is 16.5 Å². The van der Waals surface area contributed by atoms with Crippen LogP contribution in [0.15, 0.2) is 48.7 Å². The average Bonchev–Trinajstić information content (AvgIpc) is 2.91. The molecule has 0 spiro atoms. The third-order valence-electron chi connectivity index (χ3n) is 3.40. The first kappa shape index (κ1) is 13.2. The molecule has 0 amide bonds. The van der Waals surface area contributed by atoms with Crippen LogP contribution >= 0.6 is 0 Å². The number of rotatable bonds is 3. The molecule has 2 aromatic carbocycles. The van der Waals surface area contributed by atoms with Gasteiger partial charge in [0.15, 0.2) is 0 Å². The lowest BCUT2D eigenvalue weighted by Crippen LogP contribution is -2.05. The van der Waals surface area contributed by atoms with Crippen LogP contribution in [0.1, 0.15) is 15.9 Å². The summed E-state index contributed by atoms with van der Waals surface area (Å²) < 4.78 is 6.60. The Labute approximate surface area is 121 Å². The number of carbonyl (C=O) groups excluding carboxylic acids is 1. The van der Waals surface area contributed by atoms with Gasteiger partial charge in [-0.05, 0) is 29.8 Å². The number of fused-ring (bicyclic) bond motifs is 1. The molecule has 0 atom stereocenters. The van der Waals surface area contributed by atoms with E-state index in [1.807, 2.05) is 41.1 Å². The Morgan fingerprint density at radius 3 is 2.90 bits per heavy atom. The number of aromatic nitrogens is 2. The molecule has 3 aromatic rings. The maximum atomic E-state index is 11.6. The van der Waals surface area contributed by atoms with Gasteiger partial charge in [-0.15, -0.1) is 0 Å². The highest BCUT2D eigenvalue weighted by atomic mass is 16.5. The Hall–Kier alpha value is -2.82. The van der Waals surface area contributed by atoms with Gasteiger partial charge in [-0.3, -0.25) is 4.68 Å². The fourth-order valence-corrected chi connectivity index (χ4v) is 2.34. The molecule has 0 radical (unpaired) electrons. The van der Waals surface area contributed by atoms with Gasteiger partial charge in [-0.1, -0.05) is 18.2 Å². The smallest absolute Gasteiger partial charge is 0.337 e. The van der Waals surface area contributed by atoms with Crippen LogP contribution in [-0.2, 0) is 11.3 Å². The summed E-state index contributed by atoms with van der Waals surface area (Å²) in [5.74, 6) is -0.341. The van der Waals surface area contributed by atoms with Gasteiger partial charge in [0.2, 0.25) is 0 Å². The molecule has 0 aliphatic rings. The summed E-state index contributed by atoms with van der Waals surface area (Å²) in [4.78, 5) is 11.6. The van der Waals surface area contributed by atoms with Crippen molar-refractivity contribution in [1.82, 2.24) is 9.78 Å². The standard InChI is InChI=1S/C16H15N3O2/c1-21-16(20)12-5-2-4-11(8-12)10-19-15-7-3-6-14(17)13(15)9-18-19/h2-9H,10,17H2,1H3. The normalized spacial score (nSPS) is 10.7. The number of anilines is 1. The molecule has 1 heterocycles. The van der Waals surface area contributed by atoms with Crippen LogP contribution in [0.4, 0.5) is 5.69 Å². The molecule has 2 N–H and O–H groups in total. The summed E-state index contributed by atoms with van der Waals surface area (Å²) >= 11 is 0. The number of ether oxygens (including phenoxy) is 1. The van der Waals surface area contributed by atoms with E-state index in [1.54, 1.807) is 12.3 Å². The molecular formula is C16H15N3O2. The van der Waals surface area contributed by atoms with Gasteiger partial charge in [0.25, 0.3) is 0 Å². The number of carbonyl (C=O) groups is 1. The van der Waals surface area contributed by atoms with E-state index >= 15 is 0 Å². The van der Waals surface area contributed by atoms with E-state index in [2.05, 4.69) is 5.10 Å². The zero-order chi connectivity index (χ0) is 14.8. The van der Waals surface area contributed by atoms with Crippen LogP contribution in [0.3, 0.4) is 0 Å². The Balaban J connectivity index is 1.95. The van der Waals surface area contributed by atoms with E-state index in [-0.39, 0.29) is 5.97 Å². The fourth-order valence-electron chi connectivity index (χ4n) is 2.34. The van der Waals surface area contributed by atoms with Crippen LogP contribution in [0, 0.1) is 0 Å². The minimum absolute atomic E-state index is 0.341. The molecule has 0 unspecified atom stereocenters. The number of nitrogens with two attached hydrogens (primary N) is 1. The Morgan fingerprint density at radius 1 is 1.29 bits per heavy atom. The Bertz CT molecular complexity index is 808. The van der Waals surface area contributed by atoms with Crippen molar-refractivity contribution in [2.75, 3.05) is 12.8 Å². The number of hydrogen-bond acceptors (Lipinski definition) is 4. The number of esters is 1. The quantitative estimate of drug-likeness (QED) is 0.591. The molecule has 0 saturated heterocycles. The van der Waals surface area contributed by atoms with E-state index < -0.39 is 0 Å². The van der Waals surface area contributed by atoms with Crippen molar-refractivity contribution in [2.24, 2.45) is 0 Å². The van der Waals surface area contributed by atoms with Gasteiger partial charge in [0.05, 0.1) is 30.9 Å². The largest absolute Gasteiger partial charge is 0.465 e. The van der Waals surface area contributed by atoms with Crippen LogP contribution in [0.2, 0.25) is 0 Å². The van der Waals surface area contributed by atoms with Gasteiger partial charge in [0, 0.05) is 11.1 Å². The first-order chi connectivity index (χ1) is 10.2. The molecule has 0 bridgehead atoms. The molecule has 0 aliphatic heterocycles. The highest BCUT2D eigenvalue weighted by Gasteiger charge is 2.08. The molecule has 106 valence electrons. The number of nitrogen functional groups attached to an aromatic ring is 1. The van der Waals surface area contributed by atoms with Gasteiger partial charge in [0.1, 0.15) is 0 Å². The number of hydrogen-bond donors (Lipinski definition) is 1. The van der Waals surface area contributed by atoms with Crippen molar-refractivity contribution in [2.45, 2.75) is 6.54 Å². The van der Waals surface area contributed by atoms with Crippen molar-refractivity contribution in [3.63, 3.8) is 0 Å². The van der Waals surface area contributed by atoms with Crippen molar-refractivity contribution in [1.29, 1.82) is 0 Å². The average molecular weight is 281 g/mol. The summed E-state index contributed by atoms with van der Waals surface area (Å²) in [6.07, 6.45) is 1.76. The molecule has 5 nitrogen and oxygen atoms in total. The van der Waals surface area contributed by atoms with Gasteiger partial charge >= 0.3 is 5.97 Å². The van der Waals surface area contributed by atoms with Gasteiger partial charge < -0.3 is 10.5 Å². The van der Waals surface area contributed by atoms with Gasteiger partial charge in [-0.2, -0.15) is 5.10 Å². The topological polar surface area (TPSA) is 70.1 Å². The molecular weight excluding hydrogens is 266 g/mol. The highest BCUT2D eigenvalue weighted by molar-refractivity contribution is 5.90. The third kappa shape index (κ3) is 2.45. The molecule has 0 fully saturated rings. The third-order valence-corrected chi connectivity index (χ3v) is 3.40. The molecule has 1 aromatic heterocycles. The minimum Gasteiger partial charge on any atom is -0.465 e. The zero-order valence-electron chi connectivity index (χ0n) is 11.6. The number of methoxy groups -OCH3 is 1. The predicted molar refractivity (Wildman–Crippen MR) is 81.0 cm³/mol. The lowest BCUT2D eigenvalue weighted by Gasteiger charge is -2.06. The second-order valence-corrected chi connectivity index (χ2v) is 4.77. The molecule has 0 saturated carbocycles. The summed E-state index contributed by atoms with van der Waals surface area (Å²) in [6, 6.07) is 13.1. The zero-order valence-corrected chi connectivity index (χ0v) is 11.6. The lowest BCUT2D eigenvalue weighted by molar-refractivity contribution is 0.0600. The number of nitrogens with zero attached hydrogens (tertiary/aromatic N) is 2. The van der Waals surface area contributed by atoms with Crippen molar-refractivity contribution < 1.29 is 9.53 Å². The second-order valence-electron chi connectivity index (χ2n) is 4.77.